The van der Waals surface area contributed by atoms with Crippen molar-refractivity contribution in [3.63, 3.8) is 0 Å². The van der Waals surface area contributed by atoms with Crippen LogP contribution in [0.3, 0.4) is 0 Å². The van der Waals surface area contributed by atoms with Gasteiger partial charge in [0.2, 0.25) is 0 Å². The van der Waals surface area contributed by atoms with Crippen LogP contribution in [0.5, 0.6) is 0 Å². The Morgan fingerprint density at radius 3 is 2.50 bits per heavy atom. The first-order valence-electron chi connectivity index (χ1n) is 6.89. The van der Waals surface area contributed by atoms with Gasteiger partial charge in [-0.25, -0.2) is 13.2 Å². The standard InChI is InChI=1S/C15H21NO5S/c1-5-21-16-10(2)6-7-12-11(3)13(15(17)18)8-9-14(12)22(4,19)20/h8-9H,5-7H2,1-4H3,(H,17,18)/b16-10+. The van der Waals surface area contributed by atoms with Gasteiger partial charge in [-0.1, -0.05) is 5.16 Å². The number of benzene rings is 1. The molecule has 6 nitrogen and oxygen atoms in total. The maximum Gasteiger partial charge on any atom is 0.335 e. The molecule has 0 saturated carbocycles. The second kappa shape index (κ2) is 7.40. The van der Waals surface area contributed by atoms with Crippen LogP contribution in [-0.4, -0.2) is 38.1 Å². The Morgan fingerprint density at radius 1 is 1.36 bits per heavy atom. The van der Waals surface area contributed by atoms with Crippen LogP contribution in [0.4, 0.5) is 0 Å². The largest absolute Gasteiger partial charge is 0.478 e. The van der Waals surface area contributed by atoms with Gasteiger partial charge >= 0.3 is 5.97 Å². The molecular formula is C15H21NO5S. The normalized spacial score (nSPS) is 12.3. The lowest BCUT2D eigenvalue weighted by molar-refractivity contribution is 0.0696. The van der Waals surface area contributed by atoms with Gasteiger partial charge < -0.3 is 9.94 Å². The van der Waals surface area contributed by atoms with Crippen LogP contribution in [0.15, 0.2) is 22.2 Å². The van der Waals surface area contributed by atoms with Gasteiger partial charge in [0, 0.05) is 6.26 Å². The smallest absolute Gasteiger partial charge is 0.335 e. The van der Waals surface area contributed by atoms with Crippen molar-refractivity contribution >= 4 is 21.5 Å². The van der Waals surface area contributed by atoms with Gasteiger partial charge in [0.15, 0.2) is 9.84 Å². The van der Waals surface area contributed by atoms with Gasteiger partial charge in [-0.15, -0.1) is 0 Å². The lowest BCUT2D eigenvalue weighted by atomic mass is 9.98. The van der Waals surface area contributed by atoms with E-state index in [2.05, 4.69) is 5.16 Å². The van der Waals surface area contributed by atoms with Crippen LogP contribution in [0.1, 0.15) is 41.8 Å². The van der Waals surface area contributed by atoms with E-state index in [0.29, 0.717) is 30.6 Å². The Balaban J connectivity index is 3.24. The quantitative estimate of drug-likeness (QED) is 0.613. The van der Waals surface area contributed by atoms with Crippen LogP contribution in [0.25, 0.3) is 0 Å². The molecule has 22 heavy (non-hydrogen) atoms. The number of hydrogen-bond donors (Lipinski definition) is 1. The number of rotatable bonds is 7. The Morgan fingerprint density at radius 2 is 2.00 bits per heavy atom. The molecular weight excluding hydrogens is 306 g/mol. The Bertz CT molecular complexity index is 692. The van der Waals surface area contributed by atoms with Crippen LogP contribution in [0.2, 0.25) is 0 Å². The number of oxime groups is 1. The minimum Gasteiger partial charge on any atom is -0.478 e. The van der Waals surface area contributed by atoms with Crippen molar-refractivity contribution < 1.29 is 23.2 Å². The number of carboxylic acid groups (broad SMARTS) is 1. The molecule has 0 bridgehead atoms. The van der Waals surface area contributed by atoms with Crippen LogP contribution in [-0.2, 0) is 21.1 Å². The first-order chi connectivity index (χ1) is 10.2. The van der Waals surface area contributed by atoms with Crippen molar-refractivity contribution in [3.8, 4) is 0 Å². The van der Waals surface area contributed by atoms with Gasteiger partial charge in [0.05, 0.1) is 16.2 Å². The molecule has 1 aromatic carbocycles. The van der Waals surface area contributed by atoms with Gasteiger partial charge in [0.1, 0.15) is 6.61 Å². The van der Waals surface area contributed by atoms with E-state index in [-0.39, 0.29) is 10.5 Å². The molecule has 7 heteroatoms. The molecule has 0 spiro atoms. The number of hydrogen-bond acceptors (Lipinski definition) is 5. The number of sulfone groups is 1. The fourth-order valence-corrected chi connectivity index (χ4v) is 3.17. The van der Waals surface area contributed by atoms with Crippen molar-refractivity contribution in [2.24, 2.45) is 5.16 Å². The summed E-state index contributed by atoms with van der Waals surface area (Å²) in [5.41, 5.74) is 1.83. The van der Waals surface area contributed by atoms with Crippen LogP contribution >= 0.6 is 0 Å². The highest BCUT2D eigenvalue weighted by Gasteiger charge is 2.19. The monoisotopic (exact) mass is 327 g/mol. The van der Waals surface area contributed by atoms with Crippen LogP contribution < -0.4 is 0 Å². The maximum atomic E-state index is 11.9. The Kier molecular flexibility index (Phi) is 6.11. The van der Waals surface area contributed by atoms with E-state index in [1.165, 1.54) is 12.1 Å². The van der Waals surface area contributed by atoms with E-state index in [1.54, 1.807) is 13.8 Å². The van der Waals surface area contributed by atoms with E-state index in [9.17, 15) is 18.3 Å². The molecule has 1 rings (SSSR count). The highest BCUT2D eigenvalue weighted by molar-refractivity contribution is 7.90. The molecule has 0 atom stereocenters. The number of carbonyl (C=O) groups is 1. The average molecular weight is 327 g/mol. The third-order valence-electron chi connectivity index (χ3n) is 3.27. The molecule has 122 valence electrons. The molecule has 0 aliphatic rings. The summed E-state index contributed by atoms with van der Waals surface area (Å²) in [6.45, 7) is 5.69. The van der Waals surface area contributed by atoms with E-state index < -0.39 is 15.8 Å². The molecule has 0 aromatic heterocycles. The van der Waals surface area contributed by atoms with Crippen molar-refractivity contribution in [1.82, 2.24) is 0 Å². The first-order valence-corrected chi connectivity index (χ1v) is 8.78. The van der Waals surface area contributed by atoms with Crippen molar-refractivity contribution in [2.75, 3.05) is 12.9 Å². The fraction of sp³-hybridized carbons (Fsp3) is 0.467. The molecule has 1 aromatic rings. The predicted octanol–water partition coefficient (Wildman–Crippen LogP) is 2.44. The highest BCUT2D eigenvalue weighted by Crippen LogP contribution is 2.24. The second-order valence-corrected chi connectivity index (χ2v) is 7.02. The topological polar surface area (TPSA) is 93.0 Å². The minimum atomic E-state index is -3.43. The van der Waals surface area contributed by atoms with E-state index >= 15 is 0 Å². The molecule has 0 aliphatic heterocycles. The van der Waals surface area contributed by atoms with Crippen molar-refractivity contribution in [1.29, 1.82) is 0 Å². The Hall–Kier alpha value is -1.89. The van der Waals surface area contributed by atoms with E-state index in [4.69, 9.17) is 4.84 Å². The molecule has 1 N–H and O–H groups in total. The van der Waals surface area contributed by atoms with E-state index in [0.717, 1.165) is 12.0 Å². The molecule has 0 aliphatic carbocycles. The summed E-state index contributed by atoms with van der Waals surface area (Å²) in [5, 5.41) is 13.1. The lowest BCUT2D eigenvalue weighted by Gasteiger charge is -2.13. The molecule has 0 unspecified atom stereocenters. The third kappa shape index (κ3) is 4.56. The molecule has 0 heterocycles. The number of aromatic carboxylic acids is 1. The van der Waals surface area contributed by atoms with Gasteiger partial charge in [-0.2, -0.15) is 0 Å². The highest BCUT2D eigenvalue weighted by atomic mass is 32.2. The number of carboxylic acids is 1. The third-order valence-corrected chi connectivity index (χ3v) is 4.45. The average Bonchev–Trinajstić information content (AvgIpc) is 2.41. The number of nitrogens with zero attached hydrogens (tertiary/aromatic N) is 1. The zero-order valence-electron chi connectivity index (χ0n) is 13.2. The van der Waals surface area contributed by atoms with Gasteiger partial charge in [-0.3, -0.25) is 0 Å². The summed E-state index contributed by atoms with van der Waals surface area (Å²) in [7, 11) is -3.43. The maximum absolute atomic E-state index is 11.9. The van der Waals surface area contributed by atoms with Gasteiger partial charge in [-0.05, 0) is 56.9 Å². The van der Waals surface area contributed by atoms with Crippen molar-refractivity contribution in [2.45, 2.75) is 38.5 Å². The summed E-state index contributed by atoms with van der Waals surface area (Å²) in [5.74, 6) is -1.07. The molecule has 0 saturated heterocycles. The SMILES string of the molecule is CCO/N=C(\C)CCc1c(S(C)(=O)=O)ccc(C(=O)O)c1C. The van der Waals surface area contributed by atoms with E-state index in [1.807, 2.05) is 6.92 Å². The zero-order valence-corrected chi connectivity index (χ0v) is 14.0. The summed E-state index contributed by atoms with van der Waals surface area (Å²) in [6.07, 6.45) is 2.00. The lowest BCUT2D eigenvalue weighted by Crippen LogP contribution is -2.10. The van der Waals surface area contributed by atoms with Crippen molar-refractivity contribution in [3.05, 3.63) is 28.8 Å². The first kappa shape index (κ1) is 18.2. The minimum absolute atomic E-state index is 0.113. The molecule has 0 amide bonds. The predicted molar refractivity (Wildman–Crippen MR) is 84.3 cm³/mol. The molecule has 0 fully saturated rings. The second-order valence-electron chi connectivity index (χ2n) is 5.04. The fourth-order valence-electron chi connectivity index (χ4n) is 2.15. The zero-order chi connectivity index (χ0) is 16.9. The Labute approximate surface area is 130 Å². The summed E-state index contributed by atoms with van der Waals surface area (Å²) in [4.78, 5) is 16.3. The van der Waals surface area contributed by atoms with Crippen LogP contribution in [0, 0.1) is 6.92 Å². The molecule has 0 radical (unpaired) electrons. The summed E-state index contributed by atoms with van der Waals surface area (Å²) in [6, 6.07) is 2.69. The summed E-state index contributed by atoms with van der Waals surface area (Å²) < 4.78 is 23.8. The van der Waals surface area contributed by atoms with Gasteiger partial charge in [0.25, 0.3) is 0 Å². The summed E-state index contributed by atoms with van der Waals surface area (Å²) >= 11 is 0.